The monoisotopic (exact) mass is 231 g/mol. The first-order chi connectivity index (χ1) is 7.05. The summed E-state index contributed by atoms with van der Waals surface area (Å²) < 4.78 is 0. The van der Waals surface area contributed by atoms with Crippen molar-refractivity contribution in [3.8, 4) is 0 Å². The molecule has 84 valence electrons. The van der Waals surface area contributed by atoms with Gasteiger partial charge < -0.3 is 10.2 Å². The molecule has 2 N–H and O–H groups in total. The Hall–Kier alpha value is -1.04. The fourth-order valence-corrected chi connectivity index (χ4v) is 2.65. The molecule has 1 aliphatic heterocycles. The van der Waals surface area contributed by atoms with Gasteiger partial charge in [-0.25, -0.2) is 0 Å². The van der Waals surface area contributed by atoms with Crippen LogP contribution in [0.2, 0.25) is 0 Å². The van der Waals surface area contributed by atoms with Crippen molar-refractivity contribution in [2.24, 2.45) is 10.4 Å². The average Bonchev–Trinajstić information content (AvgIpc) is 2.65. The lowest BCUT2D eigenvalue weighted by Crippen LogP contribution is -2.44. The van der Waals surface area contributed by atoms with Gasteiger partial charge in [0.15, 0.2) is 0 Å². The zero-order valence-electron chi connectivity index (χ0n) is 8.39. The molecule has 6 heteroatoms. The SMILES string of the molecule is CCCC(C(=O)O)(C(=O)O)C1=NCCS1. The van der Waals surface area contributed by atoms with Crippen molar-refractivity contribution in [1.82, 2.24) is 0 Å². The summed E-state index contributed by atoms with van der Waals surface area (Å²) in [5.74, 6) is -1.96. The third kappa shape index (κ3) is 1.99. The van der Waals surface area contributed by atoms with Gasteiger partial charge in [0, 0.05) is 12.3 Å². The number of carboxylic acids is 2. The maximum Gasteiger partial charge on any atom is 0.327 e. The predicted molar refractivity (Wildman–Crippen MR) is 57.4 cm³/mol. The highest BCUT2D eigenvalue weighted by Crippen LogP contribution is 2.35. The molecule has 0 amide bonds. The van der Waals surface area contributed by atoms with E-state index in [2.05, 4.69) is 4.99 Å². The van der Waals surface area contributed by atoms with Crippen LogP contribution >= 0.6 is 11.8 Å². The smallest absolute Gasteiger partial charge is 0.327 e. The van der Waals surface area contributed by atoms with Crippen LogP contribution in [-0.2, 0) is 9.59 Å². The van der Waals surface area contributed by atoms with Crippen LogP contribution in [0.4, 0.5) is 0 Å². The van der Waals surface area contributed by atoms with Crippen molar-refractivity contribution in [2.45, 2.75) is 19.8 Å². The van der Waals surface area contributed by atoms with Gasteiger partial charge in [-0.1, -0.05) is 13.3 Å². The molecule has 0 saturated carbocycles. The van der Waals surface area contributed by atoms with Crippen LogP contribution in [0, 0.1) is 5.41 Å². The lowest BCUT2D eigenvalue weighted by molar-refractivity contribution is -0.159. The van der Waals surface area contributed by atoms with E-state index in [9.17, 15) is 9.59 Å². The summed E-state index contributed by atoms with van der Waals surface area (Å²) in [6.45, 7) is 2.27. The third-order valence-electron chi connectivity index (χ3n) is 2.31. The molecule has 1 rings (SSSR count). The molecule has 0 aliphatic carbocycles. The Kier molecular flexibility index (Phi) is 3.73. The highest BCUT2D eigenvalue weighted by Gasteiger charge is 2.51. The molecule has 0 aromatic rings. The van der Waals surface area contributed by atoms with Crippen molar-refractivity contribution in [3.05, 3.63) is 0 Å². The summed E-state index contributed by atoms with van der Waals surface area (Å²) in [4.78, 5) is 26.3. The van der Waals surface area contributed by atoms with Gasteiger partial charge in [-0.05, 0) is 6.42 Å². The van der Waals surface area contributed by atoms with Crippen molar-refractivity contribution >= 4 is 28.7 Å². The zero-order chi connectivity index (χ0) is 11.5. The summed E-state index contributed by atoms with van der Waals surface area (Å²) in [7, 11) is 0. The number of carboxylic acid groups (broad SMARTS) is 2. The quantitative estimate of drug-likeness (QED) is 0.691. The second-order valence-electron chi connectivity index (χ2n) is 3.30. The minimum Gasteiger partial charge on any atom is -0.480 e. The third-order valence-corrected chi connectivity index (χ3v) is 3.44. The van der Waals surface area contributed by atoms with Crippen LogP contribution in [-0.4, -0.2) is 39.5 Å². The second kappa shape index (κ2) is 4.65. The molecular formula is C9H13NO4S. The van der Waals surface area contributed by atoms with E-state index in [-0.39, 0.29) is 11.5 Å². The second-order valence-corrected chi connectivity index (χ2v) is 4.38. The summed E-state index contributed by atoms with van der Waals surface area (Å²) >= 11 is 1.23. The van der Waals surface area contributed by atoms with E-state index in [1.807, 2.05) is 0 Å². The highest BCUT2D eigenvalue weighted by molar-refractivity contribution is 8.14. The van der Waals surface area contributed by atoms with Crippen LogP contribution in [0.25, 0.3) is 0 Å². The lowest BCUT2D eigenvalue weighted by atomic mass is 9.84. The van der Waals surface area contributed by atoms with Gasteiger partial charge in [0.05, 0.1) is 5.04 Å². The van der Waals surface area contributed by atoms with Crippen molar-refractivity contribution in [2.75, 3.05) is 12.3 Å². The molecule has 0 unspecified atom stereocenters. The van der Waals surface area contributed by atoms with Crippen LogP contribution in [0.5, 0.6) is 0 Å². The summed E-state index contributed by atoms with van der Waals surface area (Å²) in [6.07, 6.45) is 0.585. The first-order valence-corrected chi connectivity index (χ1v) is 5.68. The molecule has 0 aromatic heterocycles. The molecule has 0 radical (unpaired) electrons. The van der Waals surface area contributed by atoms with Gasteiger partial charge in [0.1, 0.15) is 0 Å². The van der Waals surface area contributed by atoms with Crippen LogP contribution < -0.4 is 0 Å². The molecule has 1 aliphatic rings. The minimum absolute atomic E-state index is 0.0868. The topological polar surface area (TPSA) is 87.0 Å². The number of thioether (sulfide) groups is 1. The molecule has 0 bridgehead atoms. The lowest BCUT2D eigenvalue weighted by Gasteiger charge is -2.23. The molecule has 15 heavy (non-hydrogen) atoms. The first-order valence-electron chi connectivity index (χ1n) is 4.70. The molecular weight excluding hydrogens is 218 g/mol. The number of hydrogen-bond donors (Lipinski definition) is 2. The van der Waals surface area contributed by atoms with Gasteiger partial charge in [0.2, 0.25) is 5.41 Å². The van der Waals surface area contributed by atoms with Crippen LogP contribution in [0.3, 0.4) is 0 Å². The van der Waals surface area contributed by atoms with E-state index < -0.39 is 17.4 Å². The zero-order valence-corrected chi connectivity index (χ0v) is 9.21. The Balaban J connectivity index is 3.12. The maximum atomic E-state index is 11.2. The Bertz CT molecular complexity index is 299. The molecule has 0 fully saturated rings. The van der Waals surface area contributed by atoms with Crippen LogP contribution in [0.1, 0.15) is 19.8 Å². The fraction of sp³-hybridized carbons (Fsp3) is 0.667. The Morgan fingerprint density at radius 2 is 2.07 bits per heavy atom. The van der Waals surface area contributed by atoms with Gasteiger partial charge in [0.25, 0.3) is 0 Å². The molecule has 0 aromatic carbocycles. The first kappa shape index (κ1) is 12.0. The van der Waals surface area contributed by atoms with Crippen molar-refractivity contribution < 1.29 is 19.8 Å². The van der Waals surface area contributed by atoms with Gasteiger partial charge in [-0.15, -0.1) is 11.8 Å². The Morgan fingerprint density at radius 3 is 2.40 bits per heavy atom. The van der Waals surface area contributed by atoms with Gasteiger partial charge >= 0.3 is 11.9 Å². The molecule has 0 saturated heterocycles. The number of hydrogen-bond acceptors (Lipinski definition) is 4. The largest absolute Gasteiger partial charge is 0.480 e. The number of aliphatic imine (C=N–C) groups is 1. The molecule has 5 nitrogen and oxygen atoms in total. The normalized spacial score (nSPS) is 16.2. The molecule has 0 spiro atoms. The predicted octanol–water partition coefficient (Wildman–Crippen LogP) is 1.09. The summed E-state index contributed by atoms with van der Waals surface area (Å²) in [5.41, 5.74) is -1.82. The van der Waals surface area contributed by atoms with Crippen molar-refractivity contribution in [3.63, 3.8) is 0 Å². The number of aliphatic carboxylic acids is 2. The van der Waals surface area contributed by atoms with Crippen LogP contribution in [0.15, 0.2) is 4.99 Å². The number of carbonyl (C=O) groups is 2. The Labute approximate surface area is 91.6 Å². The van der Waals surface area contributed by atoms with E-state index in [1.165, 1.54) is 11.8 Å². The van der Waals surface area contributed by atoms with E-state index in [0.717, 1.165) is 0 Å². The number of nitrogens with zero attached hydrogens (tertiary/aromatic N) is 1. The highest BCUT2D eigenvalue weighted by atomic mass is 32.2. The standard InChI is InChI=1S/C9H13NO4S/c1-2-3-9(7(11)12,8(13)14)6-10-4-5-15-6/h2-5H2,1H3,(H,11,12)(H,13,14). The summed E-state index contributed by atoms with van der Waals surface area (Å²) in [5, 5.41) is 18.5. The maximum absolute atomic E-state index is 11.2. The van der Waals surface area contributed by atoms with E-state index in [0.29, 0.717) is 18.7 Å². The molecule has 0 atom stereocenters. The fourth-order valence-electron chi connectivity index (χ4n) is 1.56. The minimum atomic E-state index is -1.82. The Morgan fingerprint density at radius 1 is 1.47 bits per heavy atom. The van der Waals surface area contributed by atoms with Gasteiger partial charge in [-0.2, -0.15) is 0 Å². The van der Waals surface area contributed by atoms with E-state index in [4.69, 9.17) is 10.2 Å². The van der Waals surface area contributed by atoms with Crippen molar-refractivity contribution in [1.29, 1.82) is 0 Å². The van der Waals surface area contributed by atoms with Gasteiger partial charge in [-0.3, -0.25) is 14.6 Å². The average molecular weight is 231 g/mol. The number of rotatable bonds is 5. The van der Waals surface area contributed by atoms with E-state index >= 15 is 0 Å². The van der Waals surface area contributed by atoms with E-state index in [1.54, 1.807) is 6.92 Å². The summed E-state index contributed by atoms with van der Waals surface area (Å²) in [6, 6.07) is 0. The molecule has 1 heterocycles.